The lowest BCUT2D eigenvalue weighted by atomic mass is 10.1. The Bertz CT molecular complexity index is 173. The number of carbonyl (C=O) groups is 1. The second-order valence-electron chi connectivity index (χ2n) is 3.86. The van der Waals surface area contributed by atoms with Gasteiger partial charge in [0.05, 0.1) is 8.80 Å². The SMILES string of the molecule is C=CC(=O)C[Si](C)C(C)(C)CC. The molecule has 0 N–H and O–H groups in total. The van der Waals surface area contributed by atoms with Crippen LogP contribution >= 0.6 is 0 Å². The molecule has 0 bridgehead atoms. The highest BCUT2D eigenvalue weighted by Gasteiger charge is 2.26. The van der Waals surface area contributed by atoms with Crippen LogP contribution < -0.4 is 0 Å². The molecular formula is C10H19OSi. The Labute approximate surface area is 77.5 Å². The predicted octanol–water partition coefficient (Wildman–Crippen LogP) is 3.06. The van der Waals surface area contributed by atoms with E-state index in [1.54, 1.807) is 0 Å². The standard InChI is InChI=1S/C10H19OSi/c1-6-9(11)8-12(5)10(3,4)7-2/h6H,1,7-8H2,2-5H3. The first-order valence-electron chi connectivity index (χ1n) is 4.42. The summed E-state index contributed by atoms with van der Waals surface area (Å²) < 4.78 is 0. The van der Waals surface area contributed by atoms with Gasteiger partial charge in [0, 0.05) is 6.04 Å². The third-order valence-corrected chi connectivity index (χ3v) is 6.25. The minimum absolute atomic E-state index is 0.202. The van der Waals surface area contributed by atoms with Crippen molar-refractivity contribution in [3.63, 3.8) is 0 Å². The van der Waals surface area contributed by atoms with Gasteiger partial charge in [-0.05, 0) is 11.1 Å². The lowest BCUT2D eigenvalue weighted by Crippen LogP contribution is -2.26. The number of carbonyl (C=O) groups excluding carboxylic acids is 1. The van der Waals surface area contributed by atoms with E-state index in [-0.39, 0.29) is 5.78 Å². The molecule has 0 aromatic heterocycles. The first-order valence-corrected chi connectivity index (χ1v) is 6.63. The molecule has 0 aliphatic heterocycles. The molecule has 0 unspecified atom stereocenters. The van der Waals surface area contributed by atoms with E-state index in [4.69, 9.17) is 0 Å². The summed E-state index contributed by atoms with van der Waals surface area (Å²) in [4.78, 5) is 11.1. The summed E-state index contributed by atoms with van der Waals surface area (Å²) in [6, 6.07) is 0.731. The van der Waals surface area contributed by atoms with Gasteiger partial charge >= 0.3 is 0 Å². The molecule has 12 heavy (non-hydrogen) atoms. The lowest BCUT2D eigenvalue weighted by molar-refractivity contribution is -0.112. The van der Waals surface area contributed by atoms with E-state index in [1.165, 1.54) is 6.08 Å². The molecule has 69 valence electrons. The van der Waals surface area contributed by atoms with Crippen molar-refractivity contribution in [3.8, 4) is 0 Å². The van der Waals surface area contributed by atoms with Gasteiger partial charge < -0.3 is 0 Å². The van der Waals surface area contributed by atoms with Gasteiger partial charge in [-0.1, -0.05) is 40.3 Å². The second kappa shape index (κ2) is 4.60. The number of hydrogen-bond acceptors (Lipinski definition) is 1. The Morgan fingerprint density at radius 1 is 1.58 bits per heavy atom. The summed E-state index contributed by atoms with van der Waals surface area (Å²) in [5.41, 5.74) is 0. The molecule has 0 heterocycles. The first-order chi connectivity index (χ1) is 5.44. The molecule has 0 rings (SSSR count). The normalized spacial score (nSPS) is 11.8. The van der Waals surface area contributed by atoms with Crippen LogP contribution in [0.25, 0.3) is 0 Å². The smallest absolute Gasteiger partial charge is 0.152 e. The first kappa shape index (κ1) is 11.6. The summed E-state index contributed by atoms with van der Waals surface area (Å²) in [6.45, 7) is 12.4. The average Bonchev–Trinajstić information content (AvgIpc) is 2.04. The third-order valence-electron chi connectivity index (χ3n) is 2.71. The van der Waals surface area contributed by atoms with Crippen LogP contribution in [-0.4, -0.2) is 14.6 Å². The molecule has 1 nitrogen and oxygen atoms in total. The molecule has 2 heteroatoms. The minimum Gasteiger partial charge on any atom is -0.295 e. The van der Waals surface area contributed by atoms with E-state index < -0.39 is 8.80 Å². The summed E-state index contributed by atoms with van der Waals surface area (Å²) in [5, 5.41) is 0.364. The van der Waals surface area contributed by atoms with E-state index in [0.29, 0.717) is 5.04 Å². The van der Waals surface area contributed by atoms with Crippen molar-refractivity contribution in [2.45, 2.75) is 44.8 Å². The molecule has 0 atom stereocenters. The van der Waals surface area contributed by atoms with Crippen LogP contribution in [-0.2, 0) is 4.79 Å². The highest BCUT2D eigenvalue weighted by atomic mass is 28.3. The second-order valence-corrected chi connectivity index (χ2v) is 7.13. The van der Waals surface area contributed by atoms with Crippen molar-refractivity contribution in [1.29, 1.82) is 0 Å². The highest BCUT2D eigenvalue weighted by Crippen LogP contribution is 2.33. The third kappa shape index (κ3) is 3.35. The average molecular weight is 183 g/mol. The Morgan fingerprint density at radius 3 is 2.42 bits per heavy atom. The van der Waals surface area contributed by atoms with Crippen LogP contribution in [0, 0.1) is 0 Å². The van der Waals surface area contributed by atoms with Gasteiger partial charge in [0.2, 0.25) is 0 Å². The van der Waals surface area contributed by atoms with Crippen molar-refractivity contribution >= 4 is 14.6 Å². The maximum Gasteiger partial charge on any atom is 0.152 e. The number of ketones is 1. The Morgan fingerprint density at radius 2 is 2.08 bits per heavy atom. The van der Waals surface area contributed by atoms with Crippen LogP contribution in [0.1, 0.15) is 27.2 Å². The maximum atomic E-state index is 11.1. The topological polar surface area (TPSA) is 17.1 Å². The maximum absolute atomic E-state index is 11.1. The van der Waals surface area contributed by atoms with E-state index in [2.05, 4.69) is 33.9 Å². The van der Waals surface area contributed by atoms with Crippen molar-refractivity contribution in [3.05, 3.63) is 12.7 Å². The highest BCUT2D eigenvalue weighted by molar-refractivity contribution is 6.64. The molecule has 0 spiro atoms. The van der Waals surface area contributed by atoms with E-state index in [0.717, 1.165) is 12.5 Å². The molecule has 0 aromatic carbocycles. The lowest BCUT2D eigenvalue weighted by Gasteiger charge is -2.28. The van der Waals surface area contributed by atoms with Crippen LogP contribution in [0.2, 0.25) is 17.6 Å². The van der Waals surface area contributed by atoms with Gasteiger partial charge in [0.15, 0.2) is 5.78 Å². The summed E-state index contributed by atoms with van der Waals surface area (Å²) in [7, 11) is -0.549. The van der Waals surface area contributed by atoms with Crippen LogP contribution in [0.15, 0.2) is 12.7 Å². The van der Waals surface area contributed by atoms with Crippen LogP contribution in [0.5, 0.6) is 0 Å². The molecule has 0 aromatic rings. The van der Waals surface area contributed by atoms with Gasteiger partial charge in [0.25, 0.3) is 0 Å². The largest absolute Gasteiger partial charge is 0.295 e. The van der Waals surface area contributed by atoms with Gasteiger partial charge in [-0.25, -0.2) is 0 Å². The van der Waals surface area contributed by atoms with Crippen molar-refractivity contribution in [1.82, 2.24) is 0 Å². The molecule has 0 aliphatic rings. The fraction of sp³-hybridized carbons (Fsp3) is 0.700. The van der Waals surface area contributed by atoms with Gasteiger partial charge in [-0.15, -0.1) is 0 Å². The predicted molar refractivity (Wildman–Crippen MR) is 56.0 cm³/mol. The Kier molecular flexibility index (Phi) is 4.46. The minimum atomic E-state index is -0.549. The van der Waals surface area contributed by atoms with Gasteiger partial charge in [-0.2, -0.15) is 0 Å². The van der Waals surface area contributed by atoms with Crippen molar-refractivity contribution in [2.24, 2.45) is 0 Å². The fourth-order valence-electron chi connectivity index (χ4n) is 0.875. The zero-order valence-corrected chi connectivity index (χ0v) is 9.61. The molecule has 1 radical (unpaired) electrons. The monoisotopic (exact) mass is 183 g/mol. The van der Waals surface area contributed by atoms with Gasteiger partial charge in [-0.3, -0.25) is 4.79 Å². The van der Waals surface area contributed by atoms with E-state index in [1.807, 2.05) is 0 Å². The van der Waals surface area contributed by atoms with E-state index >= 15 is 0 Å². The molecule has 0 saturated carbocycles. The quantitative estimate of drug-likeness (QED) is 0.473. The van der Waals surface area contributed by atoms with Crippen molar-refractivity contribution < 1.29 is 4.79 Å². The fourth-order valence-corrected chi connectivity index (χ4v) is 2.62. The molecule has 0 saturated heterocycles. The van der Waals surface area contributed by atoms with E-state index in [9.17, 15) is 4.79 Å². The number of allylic oxidation sites excluding steroid dienone is 1. The van der Waals surface area contributed by atoms with Gasteiger partial charge in [0.1, 0.15) is 0 Å². The number of hydrogen-bond donors (Lipinski definition) is 0. The van der Waals surface area contributed by atoms with Crippen LogP contribution in [0.3, 0.4) is 0 Å². The summed E-state index contributed by atoms with van der Waals surface area (Å²) >= 11 is 0. The Balaban J connectivity index is 4.11. The molecule has 0 aliphatic carbocycles. The zero-order valence-electron chi connectivity index (χ0n) is 8.61. The molecular weight excluding hydrogens is 164 g/mol. The van der Waals surface area contributed by atoms with Crippen LogP contribution in [0.4, 0.5) is 0 Å². The molecule has 0 fully saturated rings. The zero-order chi connectivity index (χ0) is 9.78. The van der Waals surface area contributed by atoms with Crippen molar-refractivity contribution in [2.75, 3.05) is 0 Å². The number of rotatable bonds is 5. The Hall–Kier alpha value is -0.373. The molecule has 0 amide bonds. The summed E-state index contributed by atoms with van der Waals surface area (Å²) in [6.07, 6.45) is 2.60. The summed E-state index contributed by atoms with van der Waals surface area (Å²) in [5.74, 6) is 0.202.